The summed E-state index contributed by atoms with van der Waals surface area (Å²) in [6, 6.07) is 9.90. The highest BCUT2D eigenvalue weighted by Gasteiger charge is 2.43. The molecule has 24 heavy (non-hydrogen) atoms. The molecular weight excluding hydrogens is 374 g/mol. The topological polar surface area (TPSA) is 84.7 Å². The highest BCUT2D eigenvalue weighted by atomic mass is 35.5. The van der Waals surface area contributed by atoms with Crippen molar-refractivity contribution in [3.8, 4) is 0 Å². The van der Waals surface area contributed by atoms with Gasteiger partial charge < -0.3 is 4.42 Å². The van der Waals surface area contributed by atoms with Gasteiger partial charge in [0.25, 0.3) is 0 Å². The summed E-state index contributed by atoms with van der Waals surface area (Å²) in [7, 11) is -7.04. The van der Waals surface area contributed by atoms with E-state index in [9.17, 15) is 16.8 Å². The molecule has 0 atom stereocenters. The molecule has 0 amide bonds. The number of rotatable bonds is 6. The first-order valence-electron chi connectivity index (χ1n) is 7.23. The van der Waals surface area contributed by atoms with Gasteiger partial charge in [-0.1, -0.05) is 29.8 Å². The van der Waals surface area contributed by atoms with Crippen molar-refractivity contribution in [1.29, 1.82) is 0 Å². The Morgan fingerprint density at radius 1 is 1.04 bits per heavy atom. The molecule has 0 aliphatic carbocycles. The Morgan fingerprint density at radius 2 is 1.75 bits per heavy atom. The van der Waals surface area contributed by atoms with Crippen LogP contribution in [0.2, 0.25) is 5.02 Å². The Kier molecular flexibility index (Phi) is 4.74. The number of hydrogen-bond donors (Lipinski definition) is 0. The van der Waals surface area contributed by atoms with E-state index in [0.29, 0.717) is 16.3 Å². The zero-order valence-corrected chi connectivity index (χ0v) is 15.0. The van der Waals surface area contributed by atoms with E-state index in [-0.39, 0.29) is 24.6 Å². The van der Waals surface area contributed by atoms with Gasteiger partial charge in [0.2, 0.25) is 10.0 Å². The number of sulfonamides is 1. The van der Waals surface area contributed by atoms with Gasteiger partial charge in [-0.25, -0.2) is 16.8 Å². The number of hydrogen-bond acceptors (Lipinski definition) is 5. The summed E-state index contributed by atoms with van der Waals surface area (Å²) in [6.07, 6.45) is 1.41. The predicted molar refractivity (Wildman–Crippen MR) is 90.8 cm³/mol. The third-order valence-corrected chi connectivity index (χ3v) is 8.07. The Morgan fingerprint density at radius 3 is 2.38 bits per heavy atom. The lowest BCUT2D eigenvalue weighted by atomic mass is 10.2. The summed E-state index contributed by atoms with van der Waals surface area (Å²) in [5, 5.41) is -0.327. The predicted octanol–water partition coefficient (Wildman–Crippen LogP) is 2.06. The second kappa shape index (κ2) is 6.51. The standard InChI is InChI=1S/C15H16ClNO5S2/c16-15-6-2-1-4-12(15)10-24(20,21)17-8-14(9-17)23(18,19)11-13-5-3-7-22-13/h1-7,14H,8-11H2. The minimum atomic E-state index is -3.59. The molecule has 0 spiro atoms. The maximum absolute atomic E-state index is 12.4. The molecule has 1 aromatic carbocycles. The Balaban J connectivity index is 1.64. The second-order valence-electron chi connectivity index (χ2n) is 5.67. The number of sulfone groups is 1. The summed E-state index contributed by atoms with van der Waals surface area (Å²) in [5.41, 5.74) is 0.501. The molecule has 130 valence electrons. The molecule has 0 bridgehead atoms. The molecule has 2 aromatic rings. The van der Waals surface area contributed by atoms with E-state index in [4.69, 9.17) is 16.0 Å². The number of furan rings is 1. The van der Waals surface area contributed by atoms with E-state index in [1.165, 1.54) is 10.6 Å². The van der Waals surface area contributed by atoms with Crippen LogP contribution in [-0.2, 0) is 31.4 Å². The van der Waals surface area contributed by atoms with Crippen LogP contribution in [0.1, 0.15) is 11.3 Å². The van der Waals surface area contributed by atoms with Gasteiger partial charge in [0.15, 0.2) is 9.84 Å². The van der Waals surface area contributed by atoms with Gasteiger partial charge in [-0.15, -0.1) is 0 Å². The van der Waals surface area contributed by atoms with Crippen LogP contribution in [0.25, 0.3) is 0 Å². The lowest BCUT2D eigenvalue weighted by molar-refractivity contribution is 0.308. The fraction of sp³-hybridized carbons (Fsp3) is 0.333. The molecule has 0 N–H and O–H groups in total. The molecule has 3 rings (SSSR count). The Hall–Kier alpha value is -1.35. The summed E-state index contributed by atoms with van der Waals surface area (Å²) < 4.78 is 55.5. The molecule has 0 radical (unpaired) electrons. The molecule has 9 heteroatoms. The summed E-state index contributed by atoms with van der Waals surface area (Å²) in [5.74, 6) is -0.104. The van der Waals surface area contributed by atoms with Crippen molar-refractivity contribution in [2.45, 2.75) is 16.8 Å². The Bertz CT molecular complexity index is 917. The molecule has 1 aliphatic heterocycles. The molecule has 6 nitrogen and oxygen atoms in total. The number of benzene rings is 1. The minimum Gasteiger partial charge on any atom is -0.468 e. The third-order valence-electron chi connectivity index (χ3n) is 3.94. The van der Waals surface area contributed by atoms with Crippen LogP contribution < -0.4 is 0 Å². The molecule has 1 saturated heterocycles. The van der Waals surface area contributed by atoms with Crippen molar-refractivity contribution in [2.75, 3.05) is 13.1 Å². The van der Waals surface area contributed by atoms with E-state index in [1.54, 1.807) is 36.4 Å². The molecular formula is C15H16ClNO5S2. The first-order chi connectivity index (χ1) is 11.3. The SMILES string of the molecule is O=S(=O)(Cc1ccco1)C1CN(S(=O)(=O)Cc2ccccc2Cl)C1. The fourth-order valence-corrected chi connectivity index (χ4v) is 6.19. The smallest absolute Gasteiger partial charge is 0.218 e. The van der Waals surface area contributed by atoms with Gasteiger partial charge in [0.1, 0.15) is 11.5 Å². The normalized spacial score (nSPS) is 16.9. The molecule has 1 aromatic heterocycles. The van der Waals surface area contributed by atoms with Gasteiger partial charge in [-0.3, -0.25) is 0 Å². The average molecular weight is 390 g/mol. The highest BCUT2D eigenvalue weighted by molar-refractivity contribution is 7.92. The lowest BCUT2D eigenvalue weighted by Crippen LogP contribution is -2.57. The van der Waals surface area contributed by atoms with Crippen LogP contribution >= 0.6 is 11.6 Å². The quantitative estimate of drug-likeness (QED) is 0.755. The molecule has 2 heterocycles. The van der Waals surface area contributed by atoms with Gasteiger partial charge in [-0.05, 0) is 23.8 Å². The number of nitrogens with zero attached hydrogens (tertiary/aromatic N) is 1. The van der Waals surface area contributed by atoms with Crippen LogP contribution in [0.3, 0.4) is 0 Å². The van der Waals surface area contributed by atoms with Crippen LogP contribution in [-0.4, -0.2) is 39.5 Å². The van der Waals surface area contributed by atoms with Crippen molar-refractivity contribution in [1.82, 2.24) is 4.31 Å². The zero-order valence-electron chi connectivity index (χ0n) is 12.6. The maximum Gasteiger partial charge on any atom is 0.218 e. The van der Waals surface area contributed by atoms with E-state index in [0.717, 1.165) is 0 Å². The van der Waals surface area contributed by atoms with Crippen LogP contribution in [0.4, 0.5) is 0 Å². The van der Waals surface area contributed by atoms with E-state index in [2.05, 4.69) is 0 Å². The third kappa shape index (κ3) is 3.66. The van der Waals surface area contributed by atoms with Crippen molar-refractivity contribution in [2.24, 2.45) is 0 Å². The van der Waals surface area contributed by atoms with Gasteiger partial charge in [-0.2, -0.15) is 4.31 Å². The van der Waals surface area contributed by atoms with Gasteiger partial charge >= 0.3 is 0 Å². The molecule has 1 fully saturated rings. The second-order valence-corrected chi connectivity index (χ2v) is 10.3. The largest absolute Gasteiger partial charge is 0.468 e. The zero-order chi connectivity index (χ0) is 17.4. The van der Waals surface area contributed by atoms with Crippen molar-refractivity contribution in [3.05, 3.63) is 59.0 Å². The first kappa shape index (κ1) is 17.5. The van der Waals surface area contributed by atoms with Crippen molar-refractivity contribution < 1.29 is 21.3 Å². The summed E-state index contributed by atoms with van der Waals surface area (Å²) >= 11 is 5.99. The lowest BCUT2D eigenvalue weighted by Gasteiger charge is -2.37. The maximum atomic E-state index is 12.4. The molecule has 1 aliphatic rings. The molecule has 0 saturated carbocycles. The van der Waals surface area contributed by atoms with E-state index >= 15 is 0 Å². The minimum absolute atomic E-state index is 0.0319. The Labute approximate surface area is 146 Å². The van der Waals surface area contributed by atoms with Crippen molar-refractivity contribution in [3.63, 3.8) is 0 Å². The summed E-state index contributed by atoms with van der Waals surface area (Å²) in [6.45, 7) is -0.0638. The van der Waals surface area contributed by atoms with Crippen LogP contribution in [0.15, 0.2) is 47.1 Å². The van der Waals surface area contributed by atoms with Crippen LogP contribution in [0, 0.1) is 0 Å². The van der Waals surface area contributed by atoms with Gasteiger partial charge in [0.05, 0.1) is 17.3 Å². The van der Waals surface area contributed by atoms with Gasteiger partial charge in [0, 0.05) is 18.1 Å². The fourth-order valence-electron chi connectivity index (χ4n) is 2.47. The first-order valence-corrected chi connectivity index (χ1v) is 10.9. The van der Waals surface area contributed by atoms with Crippen LogP contribution in [0.5, 0.6) is 0 Å². The summed E-state index contributed by atoms with van der Waals surface area (Å²) in [4.78, 5) is 0. The van der Waals surface area contributed by atoms with Crippen molar-refractivity contribution >= 4 is 31.5 Å². The average Bonchev–Trinajstić information content (AvgIpc) is 2.90. The van der Waals surface area contributed by atoms with E-state index < -0.39 is 25.1 Å². The monoisotopic (exact) mass is 389 g/mol. The van der Waals surface area contributed by atoms with E-state index in [1.807, 2.05) is 0 Å². The number of halogens is 1. The molecule has 0 unspecified atom stereocenters. The highest BCUT2D eigenvalue weighted by Crippen LogP contribution is 2.26.